The Morgan fingerprint density at radius 1 is 0.280 bits per heavy atom. The van der Waals surface area contributed by atoms with Gasteiger partial charge in [0.2, 0.25) is 0 Å². The predicted octanol–water partition coefficient (Wildman–Crippen LogP) is 22.1. The summed E-state index contributed by atoms with van der Waals surface area (Å²) in [7, 11) is 0. The van der Waals surface area contributed by atoms with E-state index in [0.29, 0.717) is 19.3 Å². The van der Waals surface area contributed by atoms with Crippen molar-refractivity contribution >= 4 is 17.9 Å². The maximum Gasteiger partial charge on any atom is 0.306 e. The van der Waals surface area contributed by atoms with E-state index in [1.54, 1.807) is 0 Å². The van der Waals surface area contributed by atoms with E-state index in [1.165, 1.54) is 186 Å². The van der Waals surface area contributed by atoms with Crippen LogP contribution >= 0.6 is 0 Å². The van der Waals surface area contributed by atoms with Crippen LogP contribution in [0.1, 0.15) is 329 Å². The molecule has 0 amide bonds. The molecule has 0 radical (unpaired) electrons. The summed E-state index contributed by atoms with van der Waals surface area (Å²) < 4.78 is 16.8. The van der Waals surface area contributed by atoms with Crippen LogP contribution in [-0.2, 0) is 28.6 Å². The smallest absolute Gasteiger partial charge is 0.306 e. The van der Waals surface area contributed by atoms with Gasteiger partial charge in [-0.25, -0.2) is 0 Å². The van der Waals surface area contributed by atoms with Gasteiger partial charge in [-0.2, -0.15) is 0 Å². The Kier molecular flexibility index (Phi) is 60.7. The van der Waals surface area contributed by atoms with E-state index in [1.807, 2.05) is 0 Å². The molecular formula is C69H122O6. The molecule has 0 heterocycles. The number of hydrogen-bond donors (Lipinski definition) is 0. The first kappa shape index (κ1) is 71.8. The Hall–Kier alpha value is -3.15. The summed E-state index contributed by atoms with van der Waals surface area (Å²) in [6.45, 7) is 6.48. The fourth-order valence-corrected chi connectivity index (χ4v) is 9.36. The third-order valence-electron chi connectivity index (χ3n) is 14.2. The molecule has 0 spiro atoms. The van der Waals surface area contributed by atoms with Crippen molar-refractivity contribution in [2.75, 3.05) is 13.2 Å². The molecular weight excluding hydrogens is 925 g/mol. The highest BCUT2D eigenvalue weighted by molar-refractivity contribution is 5.71. The van der Waals surface area contributed by atoms with Crippen LogP contribution in [0.3, 0.4) is 0 Å². The lowest BCUT2D eigenvalue weighted by Gasteiger charge is -2.18. The molecule has 0 rings (SSSR count). The van der Waals surface area contributed by atoms with Gasteiger partial charge in [0, 0.05) is 19.3 Å². The Morgan fingerprint density at radius 2 is 0.547 bits per heavy atom. The molecule has 0 aliphatic heterocycles. The zero-order chi connectivity index (χ0) is 54.3. The van der Waals surface area contributed by atoms with Gasteiger partial charge in [0.1, 0.15) is 13.2 Å². The standard InChI is InChI=1S/C69H122O6/c1-4-7-10-13-16-19-22-24-25-26-27-28-29-30-31-32-33-34-35-36-37-38-39-40-41-42-43-44-45-46-48-50-53-56-59-62-68(71)74-65-66(64-73-67(70)61-58-55-52-49-21-18-15-12-9-6-3)75-69(72)63-60-57-54-51-47-23-20-17-14-11-8-5-2/h7,10,12,15-16,19,24-25,27-28,30-31,66H,4-6,8-9,11,13-14,17-18,20-23,26,29,32-65H2,1-3H3/b10-7-,15-12-,19-16-,25-24-,28-27-,31-30-. The maximum atomic E-state index is 12.8. The molecule has 1 unspecified atom stereocenters. The molecule has 0 bridgehead atoms. The SMILES string of the molecule is CC/C=C\C/C=C\C/C=C\C/C=C\C/C=C\CCCCCCCCCCCCCCCCCCCCCC(=O)OCC(COC(=O)CCCCCCC/C=C\CCC)OC(=O)CCCCCCCCCCCCCC. The molecule has 0 fully saturated rings. The second kappa shape index (κ2) is 63.4. The summed E-state index contributed by atoms with van der Waals surface area (Å²) in [5, 5.41) is 0. The lowest BCUT2D eigenvalue weighted by atomic mass is 10.0. The van der Waals surface area contributed by atoms with Gasteiger partial charge < -0.3 is 14.2 Å². The number of unbranched alkanes of at least 4 members (excludes halogenated alkanes) is 36. The number of allylic oxidation sites excluding steroid dienone is 12. The van der Waals surface area contributed by atoms with Gasteiger partial charge in [0.25, 0.3) is 0 Å². The third-order valence-corrected chi connectivity index (χ3v) is 14.2. The fourth-order valence-electron chi connectivity index (χ4n) is 9.36. The average molecular weight is 1050 g/mol. The van der Waals surface area contributed by atoms with Crippen LogP contribution in [0.2, 0.25) is 0 Å². The molecule has 0 saturated heterocycles. The molecule has 75 heavy (non-hydrogen) atoms. The lowest BCUT2D eigenvalue weighted by molar-refractivity contribution is -0.167. The molecule has 434 valence electrons. The van der Waals surface area contributed by atoms with Gasteiger partial charge in [-0.05, 0) is 83.5 Å². The van der Waals surface area contributed by atoms with Crippen LogP contribution in [0.5, 0.6) is 0 Å². The van der Waals surface area contributed by atoms with Gasteiger partial charge in [0.15, 0.2) is 6.10 Å². The molecule has 0 N–H and O–H groups in total. The monoisotopic (exact) mass is 1050 g/mol. The average Bonchev–Trinajstić information content (AvgIpc) is 3.41. The highest BCUT2D eigenvalue weighted by Crippen LogP contribution is 2.17. The van der Waals surface area contributed by atoms with E-state index in [4.69, 9.17) is 14.2 Å². The second-order valence-electron chi connectivity index (χ2n) is 21.6. The highest BCUT2D eigenvalue weighted by Gasteiger charge is 2.19. The summed E-state index contributed by atoms with van der Waals surface area (Å²) in [6.07, 6.45) is 82.3. The molecule has 6 nitrogen and oxygen atoms in total. The van der Waals surface area contributed by atoms with Gasteiger partial charge >= 0.3 is 17.9 Å². The number of esters is 3. The fraction of sp³-hybridized carbons (Fsp3) is 0.783. The van der Waals surface area contributed by atoms with Crippen LogP contribution in [0.4, 0.5) is 0 Å². The quantitative estimate of drug-likeness (QED) is 0.0261. The largest absolute Gasteiger partial charge is 0.462 e. The molecule has 0 aliphatic carbocycles. The molecule has 0 aromatic heterocycles. The van der Waals surface area contributed by atoms with Crippen molar-refractivity contribution < 1.29 is 28.6 Å². The molecule has 6 heteroatoms. The molecule has 0 aromatic carbocycles. The van der Waals surface area contributed by atoms with Crippen LogP contribution in [0, 0.1) is 0 Å². The van der Waals surface area contributed by atoms with E-state index >= 15 is 0 Å². The molecule has 0 aliphatic rings. The van der Waals surface area contributed by atoms with Gasteiger partial charge in [-0.1, -0.05) is 299 Å². The van der Waals surface area contributed by atoms with Crippen LogP contribution < -0.4 is 0 Å². The zero-order valence-electron chi connectivity index (χ0n) is 49.8. The highest BCUT2D eigenvalue weighted by atomic mass is 16.6. The topological polar surface area (TPSA) is 78.9 Å². The summed E-state index contributed by atoms with van der Waals surface area (Å²) in [5.41, 5.74) is 0. The third kappa shape index (κ3) is 61.6. The van der Waals surface area contributed by atoms with Crippen molar-refractivity contribution in [3.05, 3.63) is 72.9 Å². The summed E-state index contributed by atoms with van der Waals surface area (Å²) >= 11 is 0. The number of hydrogen-bond acceptors (Lipinski definition) is 6. The van der Waals surface area contributed by atoms with E-state index < -0.39 is 6.10 Å². The van der Waals surface area contributed by atoms with Crippen molar-refractivity contribution in [2.45, 2.75) is 335 Å². The van der Waals surface area contributed by atoms with Gasteiger partial charge in [-0.15, -0.1) is 0 Å². The van der Waals surface area contributed by atoms with E-state index in [2.05, 4.69) is 93.7 Å². The normalized spacial score (nSPS) is 12.5. The van der Waals surface area contributed by atoms with Crippen LogP contribution in [-0.4, -0.2) is 37.2 Å². The van der Waals surface area contributed by atoms with Crippen molar-refractivity contribution in [3.8, 4) is 0 Å². The van der Waals surface area contributed by atoms with Crippen molar-refractivity contribution in [3.63, 3.8) is 0 Å². The summed E-state index contributed by atoms with van der Waals surface area (Å²) in [4.78, 5) is 38.1. The Balaban J connectivity index is 3.99. The van der Waals surface area contributed by atoms with E-state index in [9.17, 15) is 14.4 Å². The van der Waals surface area contributed by atoms with Crippen LogP contribution in [0.15, 0.2) is 72.9 Å². The first-order chi connectivity index (χ1) is 37.0. The summed E-state index contributed by atoms with van der Waals surface area (Å²) in [6, 6.07) is 0. The minimum absolute atomic E-state index is 0.0721. The predicted molar refractivity (Wildman–Crippen MR) is 325 cm³/mol. The first-order valence-electron chi connectivity index (χ1n) is 32.4. The molecule has 1 atom stereocenters. The van der Waals surface area contributed by atoms with E-state index in [0.717, 1.165) is 103 Å². The maximum absolute atomic E-state index is 12.8. The van der Waals surface area contributed by atoms with Crippen molar-refractivity contribution in [2.24, 2.45) is 0 Å². The minimum Gasteiger partial charge on any atom is -0.462 e. The molecule has 0 aromatic rings. The van der Waals surface area contributed by atoms with Crippen LogP contribution in [0.25, 0.3) is 0 Å². The van der Waals surface area contributed by atoms with E-state index in [-0.39, 0.29) is 31.1 Å². The van der Waals surface area contributed by atoms with Crippen molar-refractivity contribution in [1.29, 1.82) is 0 Å². The first-order valence-corrected chi connectivity index (χ1v) is 32.4. The van der Waals surface area contributed by atoms with Gasteiger partial charge in [-0.3, -0.25) is 14.4 Å². The lowest BCUT2D eigenvalue weighted by Crippen LogP contribution is -2.30. The number of carbonyl (C=O) groups is 3. The zero-order valence-corrected chi connectivity index (χ0v) is 49.8. The number of ether oxygens (including phenoxy) is 3. The van der Waals surface area contributed by atoms with Gasteiger partial charge in [0.05, 0.1) is 0 Å². The second-order valence-corrected chi connectivity index (χ2v) is 21.6. The Bertz CT molecular complexity index is 1390. The summed E-state index contributed by atoms with van der Waals surface area (Å²) in [5.74, 6) is -0.868. The Labute approximate surface area is 465 Å². The Morgan fingerprint density at radius 3 is 0.880 bits per heavy atom. The minimum atomic E-state index is -0.772. The van der Waals surface area contributed by atoms with Crippen molar-refractivity contribution in [1.82, 2.24) is 0 Å². The molecule has 0 saturated carbocycles. The number of rotatable bonds is 59. The number of carbonyl (C=O) groups excluding carboxylic acids is 3.